The number of benzene rings is 1. The second-order valence-corrected chi connectivity index (χ2v) is 14.2. The number of nitrogens with zero attached hydrogens (tertiary/aromatic N) is 5. The second-order valence-electron chi connectivity index (χ2n) is 11.9. The molecule has 1 unspecified atom stereocenters. The van der Waals surface area contributed by atoms with Crippen molar-refractivity contribution in [2.75, 3.05) is 37.0 Å². The smallest absolute Gasteiger partial charge is 0.353 e. The number of amides is 2. The monoisotopic (exact) mass is 670 g/mol. The number of fused-ring (bicyclic) bond motifs is 1. The number of H-pyrrole nitrogens is 1. The van der Waals surface area contributed by atoms with E-state index in [1.165, 1.54) is 11.8 Å². The summed E-state index contributed by atoms with van der Waals surface area (Å²) in [4.78, 5) is 50.4. The van der Waals surface area contributed by atoms with Crippen LogP contribution in [-0.2, 0) is 18.7 Å². The number of hydrogen-bond donors (Lipinski definition) is 6. The highest BCUT2D eigenvalue weighted by atomic mass is 32.2. The molecule has 6 N–H and O–H groups in total. The van der Waals surface area contributed by atoms with E-state index in [4.69, 9.17) is 4.52 Å². The van der Waals surface area contributed by atoms with Crippen molar-refractivity contribution >= 4 is 54.2 Å². The summed E-state index contributed by atoms with van der Waals surface area (Å²) < 4.78 is 18.1. The van der Waals surface area contributed by atoms with Crippen LogP contribution in [0.4, 0.5) is 17.3 Å². The van der Waals surface area contributed by atoms with E-state index in [0.717, 1.165) is 41.8 Å². The summed E-state index contributed by atoms with van der Waals surface area (Å²) in [7, 11) is -4.77. The van der Waals surface area contributed by atoms with E-state index in [-0.39, 0.29) is 48.1 Å². The maximum atomic E-state index is 13.2. The molecular formula is C29H37N9O6PS+. The topological polar surface area (TPSA) is 196 Å². The van der Waals surface area contributed by atoms with Crippen LogP contribution in [0.3, 0.4) is 0 Å². The first-order valence-electron chi connectivity index (χ1n) is 15.1. The molecule has 1 aromatic carbocycles. The van der Waals surface area contributed by atoms with Crippen LogP contribution in [0, 0.1) is 12.8 Å². The molecule has 1 aliphatic carbocycles. The Morgan fingerprint density at radius 1 is 1.17 bits per heavy atom. The first-order chi connectivity index (χ1) is 22.0. The van der Waals surface area contributed by atoms with Gasteiger partial charge in [0.05, 0.1) is 19.0 Å². The summed E-state index contributed by atoms with van der Waals surface area (Å²) in [6.45, 7) is 2.08. The first-order valence-corrected chi connectivity index (χ1v) is 17.4. The van der Waals surface area contributed by atoms with Gasteiger partial charge in [0.25, 0.3) is 5.91 Å². The molecule has 0 bridgehead atoms. The van der Waals surface area contributed by atoms with Gasteiger partial charge in [-0.3, -0.25) is 19.2 Å². The average molecular weight is 671 g/mol. The number of aryl methyl sites for hydroxylation is 1. The van der Waals surface area contributed by atoms with Gasteiger partial charge in [0.1, 0.15) is 5.52 Å². The summed E-state index contributed by atoms with van der Waals surface area (Å²) in [6.07, 6.45) is 6.43. The maximum absolute atomic E-state index is 13.2. The third-order valence-corrected chi connectivity index (χ3v) is 9.60. The Labute approximate surface area is 269 Å². The molecule has 46 heavy (non-hydrogen) atoms. The fourth-order valence-corrected chi connectivity index (χ4v) is 7.20. The largest absolute Gasteiger partial charge is 0.474 e. The lowest BCUT2D eigenvalue weighted by molar-refractivity contribution is -0.925. The number of likely N-dealkylation sites (tertiary alicyclic amines) is 1. The van der Waals surface area contributed by atoms with Crippen LogP contribution in [0.2, 0.25) is 0 Å². The van der Waals surface area contributed by atoms with Gasteiger partial charge >= 0.3 is 7.82 Å². The molecule has 1 aliphatic heterocycles. The molecule has 2 aliphatic rings. The average Bonchev–Trinajstić information content (AvgIpc) is 3.82. The fraction of sp³-hybridized carbons (Fsp3) is 0.414. The predicted octanol–water partition coefficient (Wildman–Crippen LogP) is 3.56. The molecule has 2 fully saturated rings. The third-order valence-electron chi connectivity index (χ3n) is 8.28. The molecule has 4 aromatic rings. The molecule has 17 heteroatoms. The van der Waals surface area contributed by atoms with Crippen molar-refractivity contribution in [3.05, 3.63) is 54.4 Å². The Bertz CT molecular complexity index is 1750. The molecule has 0 radical (unpaired) electrons. The second kappa shape index (κ2) is 13.5. The van der Waals surface area contributed by atoms with Crippen molar-refractivity contribution in [3.8, 4) is 0 Å². The van der Waals surface area contributed by atoms with Crippen molar-refractivity contribution < 1.29 is 32.9 Å². The maximum Gasteiger partial charge on any atom is 0.474 e. The van der Waals surface area contributed by atoms with Crippen molar-refractivity contribution in [3.63, 3.8) is 0 Å². The summed E-state index contributed by atoms with van der Waals surface area (Å²) >= 11 is 1.36. The highest BCUT2D eigenvalue weighted by Crippen LogP contribution is 2.38. The van der Waals surface area contributed by atoms with Crippen LogP contribution in [0.25, 0.3) is 5.52 Å². The van der Waals surface area contributed by atoms with Crippen molar-refractivity contribution in [2.24, 2.45) is 5.92 Å². The lowest BCUT2D eigenvalue weighted by Gasteiger charge is -2.33. The summed E-state index contributed by atoms with van der Waals surface area (Å²) in [6, 6.07) is 13.0. The fourth-order valence-electron chi connectivity index (χ4n) is 6.06. The molecule has 4 heterocycles. The highest BCUT2D eigenvalue weighted by molar-refractivity contribution is 7.99. The van der Waals surface area contributed by atoms with E-state index in [1.807, 2.05) is 43.5 Å². The number of carbonyl (C=O) groups is 2. The minimum Gasteiger partial charge on any atom is -0.353 e. The van der Waals surface area contributed by atoms with E-state index in [9.17, 15) is 23.9 Å². The number of rotatable bonds is 12. The van der Waals surface area contributed by atoms with Gasteiger partial charge in [-0.15, -0.1) is 5.10 Å². The Hall–Kier alpha value is -3.79. The van der Waals surface area contributed by atoms with Gasteiger partial charge in [-0.1, -0.05) is 12.8 Å². The van der Waals surface area contributed by atoms with Crippen molar-refractivity contribution in [1.29, 1.82) is 0 Å². The van der Waals surface area contributed by atoms with Gasteiger partial charge in [0, 0.05) is 41.0 Å². The number of aromatic nitrogens is 5. The van der Waals surface area contributed by atoms with Crippen LogP contribution in [-0.4, -0.2) is 83.3 Å². The zero-order valence-electron chi connectivity index (χ0n) is 25.3. The minimum absolute atomic E-state index is 0.0545. The molecule has 6 rings (SSSR count). The minimum atomic E-state index is -4.77. The van der Waals surface area contributed by atoms with Crippen molar-refractivity contribution in [1.82, 2.24) is 30.1 Å². The molecule has 0 spiro atoms. The lowest BCUT2D eigenvalue weighted by Crippen LogP contribution is -2.52. The molecule has 1 saturated heterocycles. The number of carbonyl (C=O) groups excluding carboxylic acids is 2. The molecule has 15 nitrogen and oxygen atoms in total. The predicted molar refractivity (Wildman–Crippen MR) is 170 cm³/mol. The van der Waals surface area contributed by atoms with Gasteiger partial charge in [-0.25, -0.2) is 18.6 Å². The SMILES string of the molecule is Cc1cc(Nc2nc(Sc3ccc(NC(=O)C[N+]4(COP(=O)(O)O)CC[C@@H](C(=O)NC5CCCC5)C4)cc3)nn3cccc23)n[nH]1. The number of phosphoric acid groups is 1. The van der Waals surface area contributed by atoms with Gasteiger partial charge in [-0.2, -0.15) is 5.10 Å². The normalized spacial score (nSPS) is 20.3. The number of anilines is 3. The van der Waals surface area contributed by atoms with Crippen LogP contribution in [0.15, 0.2) is 58.7 Å². The van der Waals surface area contributed by atoms with E-state index < -0.39 is 7.82 Å². The Balaban J connectivity index is 1.09. The van der Waals surface area contributed by atoms with Gasteiger partial charge in [-0.05, 0) is 67.9 Å². The Kier molecular flexibility index (Phi) is 9.45. The summed E-state index contributed by atoms with van der Waals surface area (Å²) in [5.74, 6) is 0.465. The quantitative estimate of drug-likeness (QED) is 0.0953. The summed E-state index contributed by atoms with van der Waals surface area (Å²) in [5, 5.41) is 21.4. The van der Waals surface area contributed by atoms with E-state index >= 15 is 0 Å². The molecule has 1 saturated carbocycles. The van der Waals surface area contributed by atoms with Crippen molar-refractivity contribution in [2.45, 2.75) is 55.1 Å². The standard InChI is InChI=1S/C29H36N9O6PS/c1-19-15-25(35-34-19)32-27-24-7-4-13-37(24)36-29(33-27)46-23-10-8-22(9-11-23)30-26(39)17-38(18-44-45(41,42)43)14-12-20(16-38)28(40)31-21-5-2-3-6-21/h4,7-11,13,15,20-21H,2-3,5-6,12,14,16-18H2,1H3,(H5-,30,31,32,33,34,35,36,39,40,41,42,43)/p+1/t20-,38?/m1/s1. The van der Waals surface area contributed by atoms with Gasteiger partial charge in [0.15, 0.2) is 24.9 Å². The zero-order valence-corrected chi connectivity index (χ0v) is 27.0. The molecule has 2 atom stereocenters. The van der Waals surface area contributed by atoms with Crippen LogP contribution in [0.1, 0.15) is 37.8 Å². The number of aromatic amines is 1. The number of quaternary nitrogens is 1. The number of phosphoric ester groups is 1. The van der Waals surface area contributed by atoms with Crippen LogP contribution in [0.5, 0.6) is 0 Å². The Morgan fingerprint density at radius 3 is 2.67 bits per heavy atom. The van der Waals surface area contributed by atoms with E-state index in [0.29, 0.717) is 35.4 Å². The molecule has 3 aromatic heterocycles. The molecule has 2 amide bonds. The summed E-state index contributed by atoms with van der Waals surface area (Å²) in [5.41, 5.74) is 2.27. The van der Waals surface area contributed by atoms with Gasteiger partial charge < -0.3 is 25.7 Å². The number of hydrogen-bond acceptors (Lipinski definition) is 9. The molecular weight excluding hydrogens is 633 g/mol. The van der Waals surface area contributed by atoms with E-state index in [2.05, 4.69) is 36.2 Å². The van der Waals surface area contributed by atoms with Crippen LogP contribution >= 0.6 is 19.6 Å². The van der Waals surface area contributed by atoms with E-state index in [1.54, 1.807) is 16.6 Å². The highest BCUT2D eigenvalue weighted by Gasteiger charge is 2.44. The van der Waals surface area contributed by atoms with Gasteiger partial charge in [0.2, 0.25) is 11.1 Å². The Morgan fingerprint density at radius 2 is 1.96 bits per heavy atom. The first kappa shape index (κ1) is 32.2. The zero-order chi connectivity index (χ0) is 32.3. The molecule has 244 valence electrons. The number of nitrogens with one attached hydrogen (secondary N) is 4. The third kappa shape index (κ3) is 8.13. The van der Waals surface area contributed by atoms with Crippen LogP contribution < -0.4 is 16.0 Å². The lowest BCUT2D eigenvalue weighted by atomic mass is 10.1.